The number of carbonyl (C=O) groups excluding carboxylic acids is 1. The fraction of sp³-hybridized carbons (Fsp3) is 0.400. The van der Waals surface area contributed by atoms with Crippen LogP contribution in [0.2, 0.25) is 5.15 Å². The molecule has 1 fully saturated rings. The van der Waals surface area contributed by atoms with Gasteiger partial charge in [0.15, 0.2) is 11.0 Å². The van der Waals surface area contributed by atoms with Gasteiger partial charge >= 0.3 is 0 Å². The van der Waals surface area contributed by atoms with Gasteiger partial charge in [0.25, 0.3) is 11.8 Å². The average molecular weight is 265 g/mol. The Balaban J connectivity index is 1.98. The van der Waals surface area contributed by atoms with Crippen molar-refractivity contribution in [3.05, 3.63) is 28.8 Å². The van der Waals surface area contributed by atoms with Gasteiger partial charge in [-0.05, 0) is 6.07 Å². The fourth-order valence-electron chi connectivity index (χ4n) is 1.58. The molecule has 1 heterocycles. The van der Waals surface area contributed by atoms with Crippen molar-refractivity contribution in [2.45, 2.75) is 24.8 Å². The number of alkyl halides is 2. The van der Waals surface area contributed by atoms with Gasteiger partial charge in [0.05, 0.1) is 5.56 Å². The van der Waals surface area contributed by atoms with E-state index in [1.54, 1.807) is 0 Å². The molecule has 7 heteroatoms. The highest BCUT2D eigenvalue weighted by Crippen LogP contribution is 2.37. The molecule has 1 saturated carbocycles. The van der Waals surface area contributed by atoms with Gasteiger partial charge in [0.1, 0.15) is 0 Å². The Morgan fingerprint density at radius 2 is 2.18 bits per heavy atom. The van der Waals surface area contributed by atoms with E-state index in [4.69, 9.17) is 11.6 Å². The van der Waals surface area contributed by atoms with E-state index in [0.29, 0.717) is 0 Å². The number of hydrogen-bond acceptors (Lipinski definition) is 2. The van der Waals surface area contributed by atoms with E-state index in [-0.39, 0.29) is 23.6 Å². The molecule has 1 aromatic heterocycles. The van der Waals surface area contributed by atoms with E-state index < -0.39 is 23.7 Å². The molecular formula is C10H8ClF3N2O. The SMILES string of the molecule is O=C(NC1CC(F)(F)C1)c1cnc(Cl)c(F)c1. The van der Waals surface area contributed by atoms with Crippen molar-refractivity contribution < 1.29 is 18.0 Å². The zero-order valence-corrected chi connectivity index (χ0v) is 9.27. The number of amides is 1. The quantitative estimate of drug-likeness (QED) is 0.834. The third kappa shape index (κ3) is 2.69. The number of carbonyl (C=O) groups is 1. The van der Waals surface area contributed by atoms with Crippen LogP contribution in [0, 0.1) is 5.82 Å². The zero-order valence-electron chi connectivity index (χ0n) is 8.51. The van der Waals surface area contributed by atoms with Gasteiger partial charge in [-0.25, -0.2) is 18.2 Å². The first-order valence-electron chi connectivity index (χ1n) is 4.87. The van der Waals surface area contributed by atoms with Gasteiger partial charge < -0.3 is 5.32 Å². The molecule has 1 aliphatic carbocycles. The van der Waals surface area contributed by atoms with Crippen LogP contribution in [0.15, 0.2) is 12.3 Å². The minimum atomic E-state index is -2.71. The van der Waals surface area contributed by atoms with Crippen LogP contribution in [0.3, 0.4) is 0 Å². The van der Waals surface area contributed by atoms with Crippen LogP contribution in [0.4, 0.5) is 13.2 Å². The van der Waals surface area contributed by atoms with E-state index in [2.05, 4.69) is 10.3 Å². The van der Waals surface area contributed by atoms with Crippen molar-refractivity contribution in [2.24, 2.45) is 0 Å². The molecule has 0 spiro atoms. The normalized spacial score (nSPS) is 18.6. The van der Waals surface area contributed by atoms with Crippen LogP contribution in [-0.2, 0) is 0 Å². The Bertz CT molecular complexity index is 459. The lowest BCUT2D eigenvalue weighted by Crippen LogP contribution is -2.50. The number of nitrogens with one attached hydrogen (secondary N) is 1. The molecule has 1 aromatic rings. The first kappa shape index (κ1) is 12.2. The van der Waals surface area contributed by atoms with Crippen molar-refractivity contribution in [3.63, 3.8) is 0 Å². The number of halogens is 4. The zero-order chi connectivity index (χ0) is 12.6. The van der Waals surface area contributed by atoms with Gasteiger partial charge in [-0.2, -0.15) is 0 Å². The number of nitrogens with zero attached hydrogens (tertiary/aromatic N) is 1. The molecule has 1 amide bonds. The molecule has 0 unspecified atom stereocenters. The molecule has 17 heavy (non-hydrogen) atoms. The van der Waals surface area contributed by atoms with Crippen LogP contribution >= 0.6 is 11.6 Å². The highest BCUT2D eigenvalue weighted by atomic mass is 35.5. The summed E-state index contributed by atoms with van der Waals surface area (Å²) in [5.74, 6) is -4.16. The van der Waals surface area contributed by atoms with Crippen molar-refractivity contribution in [3.8, 4) is 0 Å². The Labute approximate surface area is 100.0 Å². The van der Waals surface area contributed by atoms with Crippen molar-refractivity contribution in [2.75, 3.05) is 0 Å². The predicted molar refractivity (Wildman–Crippen MR) is 54.6 cm³/mol. The van der Waals surface area contributed by atoms with E-state index in [1.807, 2.05) is 0 Å². The lowest BCUT2D eigenvalue weighted by molar-refractivity contribution is -0.0901. The van der Waals surface area contributed by atoms with E-state index in [0.717, 1.165) is 12.3 Å². The molecule has 0 atom stereocenters. The second kappa shape index (κ2) is 4.18. The summed E-state index contributed by atoms with van der Waals surface area (Å²) in [5.41, 5.74) is -0.0397. The number of pyridine rings is 1. The van der Waals surface area contributed by atoms with Crippen LogP contribution in [0.25, 0.3) is 0 Å². The van der Waals surface area contributed by atoms with Crippen LogP contribution in [0.5, 0.6) is 0 Å². The molecule has 0 bridgehead atoms. The maximum Gasteiger partial charge on any atom is 0.253 e. The minimum Gasteiger partial charge on any atom is -0.349 e. The molecule has 92 valence electrons. The van der Waals surface area contributed by atoms with E-state index >= 15 is 0 Å². The molecule has 0 aromatic carbocycles. The Morgan fingerprint density at radius 1 is 1.53 bits per heavy atom. The number of rotatable bonds is 2. The van der Waals surface area contributed by atoms with E-state index in [9.17, 15) is 18.0 Å². The number of hydrogen-bond donors (Lipinski definition) is 1. The third-order valence-corrected chi connectivity index (χ3v) is 2.76. The predicted octanol–water partition coefficient (Wildman–Crippen LogP) is 2.40. The topological polar surface area (TPSA) is 42.0 Å². The smallest absolute Gasteiger partial charge is 0.253 e. The summed E-state index contributed by atoms with van der Waals surface area (Å²) in [6.45, 7) is 0. The molecule has 1 N–H and O–H groups in total. The first-order valence-corrected chi connectivity index (χ1v) is 5.25. The van der Waals surface area contributed by atoms with Crippen molar-refractivity contribution in [1.82, 2.24) is 10.3 Å². The second-order valence-electron chi connectivity index (χ2n) is 3.93. The van der Waals surface area contributed by atoms with Crippen LogP contribution in [-0.4, -0.2) is 22.9 Å². The summed E-state index contributed by atoms with van der Waals surface area (Å²) in [4.78, 5) is 15.0. The maximum atomic E-state index is 13.0. The average Bonchev–Trinajstić information content (AvgIpc) is 2.19. The lowest BCUT2D eigenvalue weighted by atomic mass is 9.88. The molecule has 2 rings (SSSR count). The highest BCUT2D eigenvalue weighted by Gasteiger charge is 2.45. The summed E-state index contributed by atoms with van der Waals surface area (Å²) < 4.78 is 38.0. The second-order valence-corrected chi connectivity index (χ2v) is 4.29. The molecule has 0 radical (unpaired) electrons. The van der Waals surface area contributed by atoms with Gasteiger partial charge in [-0.15, -0.1) is 0 Å². The summed E-state index contributed by atoms with van der Waals surface area (Å²) in [7, 11) is 0. The van der Waals surface area contributed by atoms with Gasteiger partial charge in [0, 0.05) is 25.1 Å². The number of aromatic nitrogens is 1. The lowest BCUT2D eigenvalue weighted by Gasteiger charge is -2.35. The van der Waals surface area contributed by atoms with Gasteiger partial charge in [-0.1, -0.05) is 11.6 Å². The largest absolute Gasteiger partial charge is 0.349 e. The molecule has 3 nitrogen and oxygen atoms in total. The summed E-state index contributed by atoms with van der Waals surface area (Å²) in [5, 5.41) is 2.03. The van der Waals surface area contributed by atoms with Gasteiger partial charge in [0.2, 0.25) is 0 Å². The van der Waals surface area contributed by atoms with Crippen LogP contribution in [0.1, 0.15) is 23.2 Å². The Kier molecular flexibility index (Phi) is 2.99. The van der Waals surface area contributed by atoms with E-state index in [1.165, 1.54) is 0 Å². The first-order chi connectivity index (χ1) is 7.87. The monoisotopic (exact) mass is 264 g/mol. The van der Waals surface area contributed by atoms with Gasteiger partial charge in [-0.3, -0.25) is 4.79 Å². The standard InChI is InChI=1S/C10H8ClF3N2O/c11-8-7(12)1-5(4-15-8)9(17)16-6-2-10(13,14)3-6/h1,4,6H,2-3H2,(H,16,17). The van der Waals surface area contributed by atoms with Crippen LogP contribution < -0.4 is 5.32 Å². The Hall–Kier alpha value is -1.30. The maximum absolute atomic E-state index is 13.0. The summed E-state index contributed by atoms with van der Waals surface area (Å²) in [6, 6.07) is 0.345. The molecular weight excluding hydrogens is 257 g/mol. The van der Waals surface area contributed by atoms with Crippen molar-refractivity contribution in [1.29, 1.82) is 0 Å². The highest BCUT2D eigenvalue weighted by molar-refractivity contribution is 6.29. The summed E-state index contributed by atoms with van der Waals surface area (Å²) in [6.07, 6.45) is 0.321. The Morgan fingerprint density at radius 3 is 2.71 bits per heavy atom. The minimum absolute atomic E-state index is 0.0397. The fourth-order valence-corrected chi connectivity index (χ4v) is 1.68. The van der Waals surface area contributed by atoms with Crippen molar-refractivity contribution >= 4 is 17.5 Å². The summed E-state index contributed by atoms with van der Waals surface area (Å²) >= 11 is 5.35. The third-order valence-electron chi connectivity index (χ3n) is 2.48. The molecule has 0 saturated heterocycles. The molecule has 1 aliphatic rings. The molecule has 0 aliphatic heterocycles.